The molecule has 0 aromatic carbocycles. The van der Waals surface area contributed by atoms with Crippen LogP contribution >= 0.6 is 0 Å². The summed E-state index contributed by atoms with van der Waals surface area (Å²) in [6, 6.07) is 0. The van der Waals surface area contributed by atoms with E-state index >= 15 is 0 Å². The van der Waals surface area contributed by atoms with E-state index in [4.69, 9.17) is 10.2 Å². The molecule has 0 bridgehead atoms. The van der Waals surface area contributed by atoms with Crippen LogP contribution in [-0.4, -0.2) is 22.2 Å². The highest BCUT2D eigenvalue weighted by molar-refractivity contribution is 5.68. The van der Waals surface area contributed by atoms with Crippen molar-refractivity contribution in [1.29, 1.82) is 0 Å². The summed E-state index contributed by atoms with van der Waals surface area (Å²) in [6.45, 7) is 6.68. The van der Waals surface area contributed by atoms with Crippen LogP contribution in [0.4, 0.5) is 0 Å². The molecule has 0 spiro atoms. The van der Waals surface area contributed by atoms with Gasteiger partial charge >= 0.3 is 11.9 Å². The Morgan fingerprint density at radius 3 is 1.86 bits per heavy atom. The first-order valence-electron chi connectivity index (χ1n) is 4.20. The van der Waals surface area contributed by atoms with E-state index in [0.29, 0.717) is 6.42 Å². The summed E-state index contributed by atoms with van der Waals surface area (Å²) < 4.78 is 0. The summed E-state index contributed by atoms with van der Waals surface area (Å²) in [6.07, 6.45) is 4.89. The summed E-state index contributed by atoms with van der Waals surface area (Å²) in [5, 5.41) is 15.9. The van der Waals surface area contributed by atoms with Gasteiger partial charge in [-0.3, -0.25) is 9.59 Å². The number of carbonyl (C=O) groups is 2. The molecule has 0 fully saturated rings. The molecule has 0 radical (unpaired) electrons. The Balaban J connectivity index is 0. The molecule has 0 heterocycles. The van der Waals surface area contributed by atoms with E-state index in [1.54, 1.807) is 6.08 Å². The van der Waals surface area contributed by atoms with Gasteiger partial charge in [-0.05, 0) is 12.8 Å². The van der Waals surface area contributed by atoms with Crippen molar-refractivity contribution in [3.05, 3.63) is 25.3 Å². The highest BCUT2D eigenvalue weighted by Crippen LogP contribution is 1.93. The monoisotopic (exact) mass is 200 g/mol. The Morgan fingerprint density at radius 1 is 1.07 bits per heavy atom. The van der Waals surface area contributed by atoms with Crippen molar-refractivity contribution in [1.82, 2.24) is 0 Å². The maximum Gasteiger partial charge on any atom is 0.307 e. The fourth-order valence-corrected chi connectivity index (χ4v) is 0.521. The SMILES string of the molecule is C=CCC(=O)O.C=CCCCC(=O)O. The lowest BCUT2D eigenvalue weighted by molar-refractivity contribution is -0.137. The lowest BCUT2D eigenvalue weighted by Crippen LogP contribution is -1.92. The molecule has 0 atom stereocenters. The van der Waals surface area contributed by atoms with E-state index in [0.717, 1.165) is 6.42 Å². The predicted molar refractivity (Wildman–Crippen MR) is 54.1 cm³/mol. The van der Waals surface area contributed by atoms with E-state index in [1.807, 2.05) is 0 Å². The van der Waals surface area contributed by atoms with Crippen LogP contribution in [0.2, 0.25) is 0 Å². The minimum absolute atomic E-state index is 0.0556. The Morgan fingerprint density at radius 2 is 1.64 bits per heavy atom. The van der Waals surface area contributed by atoms with E-state index in [-0.39, 0.29) is 12.8 Å². The molecule has 0 aromatic heterocycles. The van der Waals surface area contributed by atoms with Crippen LogP contribution < -0.4 is 0 Å². The Hall–Kier alpha value is -1.58. The van der Waals surface area contributed by atoms with Crippen molar-refractivity contribution < 1.29 is 19.8 Å². The Labute approximate surface area is 83.6 Å². The highest BCUT2D eigenvalue weighted by atomic mass is 16.4. The summed E-state index contributed by atoms with van der Waals surface area (Å²) >= 11 is 0. The van der Waals surface area contributed by atoms with Crippen molar-refractivity contribution in [3.8, 4) is 0 Å². The molecule has 0 unspecified atom stereocenters. The smallest absolute Gasteiger partial charge is 0.307 e. The van der Waals surface area contributed by atoms with Crippen LogP contribution in [0.25, 0.3) is 0 Å². The fourth-order valence-electron chi connectivity index (χ4n) is 0.521. The fraction of sp³-hybridized carbons (Fsp3) is 0.400. The molecule has 14 heavy (non-hydrogen) atoms. The van der Waals surface area contributed by atoms with Gasteiger partial charge in [0, 0.05) is 6.42 Å². The van der Waals surface area contributed by atoms with Gasteiger partial charge < -0.3 is 10.2 Å². The zero-order valence-electron chi connectivity index (χ0n) is 8.11. The maximum atomic E-state index is 9.84. The number of unbranched alkanes of at least 4 members (excludes halogenated alkanes) is 1. The molecule has 0 aliphatic heterocycles. The second kappa shape index (κ2) is 11.4. The van der Waals surface area contributed by atoms with Gasteiger partial charge in [0.25, 0.3) is 0 Å². The Kier molecular flexibility index (Phi) is 12.2. The maximum absolute atomic E-state index is 9.84. The van der Waals surface area contributed by atoms with Crippen molar-refractivity contribution in [2.75, 3.05) is 0 Å². The van der Waals surface area contributed by atoms with E-state index in [2.05, 4.69) is 13.2 Å². The van der Waals surface area contributed by atoms with Gasteiger partial charge in [0.05, 0.1) is 6.42 Å². The summed E-state index contributed by atoms with van der Waals surface area (Å²) in [7, 11) is 0. The van der Waals surface area contributed by atoms with Gasteiger partial charge in [0.15, 0.2) is 0 Å². The van der Waals surface area contributed by atoms with Gasteiger partial charge in [-0.25, -0.2) is 0 Å². The second-order valence-electron chi connectivity index (χ2n) is 2.46. The van der Waals surface area contributed by atoms with Crippen LogP contribution in [-0.2, 0) is 9.59 Å². The van der Waals surface area contributed by atoms with Gasteiger partial charge in [0.1, 0.15) is 0 Å². The van der Waals surface area contributed by atoms with Crippen LogP contribution in [0, 0.1) is 0 Å². The van der Waals surface area contributed by atoms with Crippen LogP contribution in [0.1, 0.15) is 25.7 Å². The molecule has 4 nitrogen and oxygen atoms in total. The highest BCUT2D eigenvalue weighted by Gasteiger charge is 1.91. The zero-order valence-corrected chi connectivity index (χ0v) is 8.11. The average molecular weight is 200 g/mol. The van der Waals surface area contributed by atoms with Crippen LogP contribution in [0.15, 0.2) is 25.3 Å². The van der Waals surface area contributed by atoms with Gasteiger partial charge in [-0.1, -0.05) is 12.2 Å². The van der Waals surface area contributed by atoms with Crippen molar-refractivity contribution in [2.24, 2.45) is 0 Å². The third kappa shape index (κ3) is 22.4. The predicted octanol–water partition coefficient (Wildman–Crippen LogP) is 2.07. The van der Waals surface area contributed by atoms with Gasteiger partial charge in [-0.2, -0.15) is 0 Å². The minimum Gasteiger partial charge on any atom is -0.481 e. The summed E-state index contributed by atoms with van der Waals surface area (Å²) in [5.74, 6) is -1.56. The van der Waals surface area contributed by atoms with Gasteiger partial charge in [0.2, 0.25) is 0 Å². The second-order valence-corrected chi connectivity index (χ2v) is 2.46. The van der Waals surface area contributed by atoms with E-state index in [9.17, 15) is 9.59 Å². The number of hydrogen-bond donors (Lipinski definition) is 2. The van der Waals surface area contributed by atoms with Gasteiger partial charge in [-0.15, -0.1) is 13.2 Å². The molecule has 0 saturated carbocycles. The number of carboxylic acids is 2. The Bertz CT molecular complexity index is 196. The molecule has 0 aliphatic carbocycles. The normalized spacial score (nSPS) is 8.00. The minimum atomic E-state index is -0.829. The van der Waals surface area contributed by atoms with Crippen LogP contribution in [0.5, 0.6) is 0 Å². The van der Waals surface area contributed by atoms with Crippen LogP contribution in [0.3, 0.4) is 0 Å². The quantitative estimate of drug-likeness (QED) is 0.508. The lowest BCUT2D eigenvalue weighted by atomic mass is 10.2. The first kappa shape index (κ1) is 14.9. The lowest BCUT2D eigenvalue weighted by Gasteiger charge is -1.87. The molecular weight excluding hydrogens is 184 g/mol. The number of hydrogen-bond acceptors (Lipinski definition) is 2. The molecular formula is C10H16O4. The molecule has 0 amide bonds. The van der Waals surface area contributed by atoms with E-state index in [1.165, 1.54) is 6.08 Å². The number of rotatable bonds is 6. The first-order valence-corrected chi connectivity index (χ1v) is 4.20. The van der Waals surface area contributed by atoms with Crippen molar-refractivity contribution in [2.45, 2.75) is 25.7 Å². The number of carboxylic acid groups (broad SMARTS) is 2. The molecule has 4 heteroatoms. The molecule has 0 aliphatic rings. The number of aliphatic carboxylic acids is 2. The number of allylic oxidation sites excluding steroid dienone is 1. The molecule has 80 valence electrons. The van der Waals surface area contributed by atoms with E-state index < -0.39 is 11.9 Å². The standard InChI is InChI=1S/C6H10O2.C4H6O2/c1-2-3-4-5-6(7)8;1-2-3-4(5)6/h2H,1,3-5H2,(H,7,8);2H,1,3H2,(H,5,6). The molecule has 0 aromatic rings. The summed E-state index contributed by atoms with van der Waals surface area (Å²) in [5.41, 5.74) is 0. The summed E-state index contributed by atoms with van der Waals surface area (Å²) in [4.78, 5) is 19.4. The first-order chi connectivity index (χ1) is 6.54. The topological polar surface area (TPSA) is 74.6 Å². The van der Waals surface area contributed by atoms with Crippen molar-refractivity contribution in [3.63, 3.8) is 0 Å². The molecule has 2 N–H and O–H groups in total. The third-order valence-corrected chi connectivity index (χ3v) is 1.12. The van der Waals surface area contributed by atoms with Crippen molar-refractivity contribution >= 4 is 11.9 Å². The molecule has 0 rings (SSSR count). The average Bonchev–Trinajstić information content (AvgIpc) is 2.05. The zero-order chi connectivity index (χ0) is 11.4. The largest absolute Gasteiger partial charge is 0.481 e. The third-order valence-electron chi connectivity index (χ3n) is 1.12. The molecule has 0 saturated heterocycles.